The second kappa shape index (κ2) is 5.95. The number of hydrogen-bond donors (Lipinski definition) is 3. The van der Waals surface area contributed by atoms with Gasteiger partial charge in [0.15, 0.2) is 5.84 Å². The molecule has 0 fully saturated rings. The van der Waals surface area contributed by atoms with E-state index in [2.05, 4.69) is 15.5 Å². The first-order valence-corrected chi connectivity index (χ1v) is 5.71. The van der Waals surface area contributed by atoms with Crippen LogP contribution in [0.15, 0.2) is 41.7 Å². The summed E-state index contributed by atoms with van der Waals surface area (Å²) in [7, 11) is 0. The number of anilines is 1. The van der Waals surface area contributed by atoms with Crippen molar-refractivity contribution in [2.75, 3.05) is 5.32 Å². The minimum absolute atomic E-state index is 0.00827. The Kier molecular flexibility index (Phi) is 4.07. The van der Waals surface area contributed by atoms with Gasteiger partial charge in [-0.2, -0.15) is 0 Å². The lowest BCUT2D eigenvalue weighted by atomic mass is 10.1. The second-order valence-electron chi connectivity index (χ2n) is 4.00. The van der Waals surface area contributed by atoms with Crippen molar-refractivity contribution in [3.8, 4) is 0 Å². The molecule has 0 unspecified atom stereocenters. The van der Waals surface area contributed by atoms with E-state index in [1.54, 1.807) is 0 Å². The largest absolute Gasteiger partial charge is 0.409 e. The third-order valence-corrected chi connectivity index (χ3v) is 2.57. The average molecular weight is 292 g/mol. The maximum absolute atomic E-state index is 13.5. The van der Waals surface area contributed by atoms with E-state index in [4.69, 9.17) is 10.9 Å². The number of carbonyl (C=O) groups excluding carboxylic acids is 1. The number of pyridine rings is 1. The van der Waals surface area contributed by atoms with Gasteiger partial charge in [-0.1, -0.05) is 5.16 Å². The molecule has 1 aromatic carbocycles. The van der Waals surface area contributed by atoms with Gasteiger partial charge in [0.25, 0.3) is 5.91 Å². The summed E-state index contributed by atoms with van der Waals surface area (Å²) in [6, 6.07) is 5.85. The lowest BCUT2D eigenvalue weighted by molar-refractivity contribution is 0.102. The summed E-state index contributed by atoms with van der Waals surface area (Å²) in [6.07, 6.45) is 0.904. The van der Waals surface area contributed by atoms with Gasteiger partial charge in [0, 0.05) is 5.69 Å². The van der Waals surface area contributed by atoms with Crippen molar-refractivity contribution in [2.24, 2.45) is 10.9 Å². The summed E-state index contributed by atoms with van der Waals surface area (Å²) < 4.78 is 26.2. The van der Waals surface area contributed by atoms with Gasteiger partial charge in [-0.3, -0.25) is 4.79 Å². The van der Waals surface area contributed by atoms with Gasteiger partial charge in [0.1, 0.15) is 17.3 Å². The molecule has 2 rings (SSSR count). The molecule has 0 aliphatic heterocycles. The number of carbonyl (C=O) groups is 1. The molecule has 0 saturated carbocycles. The molecular weight excluding hydrogens is 282 g/mol. The topological polar surface area (TPSA) is 101 Å². The second-order valence-corrected chi connectivity index (χ2v) is 4.00. The van der Waals surface area contributed by atoms with Gasteiger partial charge in [-0.15, -0.1) is 0 Å². The molecule has 0 aliphatic carbocycles. The Morgan fingerprint density at radius 3 is 2.67 bits per heavy atom. The number of benzene rings is 1. The molecule has 21 heavy (non-hydrogen) atoms. The van der Waals surface area contributed by atoms with Gasteiger partial charge >= 0.3 is 0 Å². The number of hydrogen-bond acceptors (Lipinski definition) is 4. The third-order valence-electron chi connectivity index (χ3n) is 2.57. The summed E-state index contributed by atoms with van der Waals surface area (Å²) in [5.41, 5.74) is 5.36. The molecule has 108 valence electrons. The molecule has 0 saturated heterocycles. The highest BCUT2D eigenvalue weighted by Crippen LogP contribution is 2.15. The zero-order chi connectivity index (χ0) is 15.4. The Balaban J connectivity index is 2.23. The summed E-state index contributed by atoms with van der Waals surface area (Å²) >= 11 is 0. The van der Waals surface area contributed by atoms with Crippen molar-refractivity contribution in [1.29, 1.82) is 0 Å². The number of halogens is 2. The number of oxime groups is 1. The number of nitrogens with one attached hydrogen (secondary N) is 1. The Bertz CT molecular complexity index is 702. The molecule has 1 amide bonds. The fraction of sp³-hybridized carbons (Fsp3) is 0. The van der Waals surface area contributed by atoms with Crippen LogP contribution in [0.1, 0.15) is 16.1 Å². The fourth-order valence-corrected chi connectivity index (χ4v) is 1.56. The molecule has 1 aromatic heterocycles. The molecule has 0 aliphatic rings. The molecule has 0 radical (unpaired) electrons. The first-order valence-electron chi connectivity index (χ1n) is 5.71. The van der Waals surface area contributed by atoms with E-state index >= 15 is 0 Å². The highest BCUT2D eigenvalue weighted by atomic mass is 19.1. The number of nitrogens with zero attached hydrogens (tertiary/aromatic N) is 2. The smallest absolute Gasteiger partial charge is 0.274 e. The van der Waals surface area contributed by atoms with Gasteiger partial charge in [-0.05, 0) is 30.3 Å². The standard InChI is InChI=1S/C13H10F2N4O2/c14-7-1-4-11(17-6-7)13(20)18-8-2-3-10(15)9(5-8)12(16)19-21/h1-6,21H,(H2,16,19)(H,18,20). The lowest BCUT2D eigenvalue weighted by Crippen LogP contribution is -2.17. The minimum atomic E-state index is -0.705. The molecule has 0 bridgehead atoms. The van der Waals surface area contributed by atoms with Crippen molar-refractivity contribution in [1.82, 2.24) is 4.98 Å². The molecule has 6 nitrogen and oxygen atoms in total. The van der Waals surface area contributed by atoms with Crippen LogP contribution < -0.4 is 11.1 Å². The van der Waals surface area contributed by atoms with Gasteiger partial charge in [0.2, 0.25) is 0 Å². The first-order chi connectivity index (χ1) is 10.0. The molecule has 0 atom stereocenters. The first kappa shape index (κ1) is 14.4. The highest BCUT2D eigenvalue weighted by Gasteiger charge is 2.12. The van der Waals surface area contributed by atoms with E-state index in [1.807, 2.05) is 0 Å². The lowest BCUT2D eigenvalue weighted by Gasteiger charge is -2.07. The number of aromatic nitrogens is 1. The van der Waals surface area contributed by atoms with Crippen LogP contribution in [0.2, 0.25) is 0 Å². The van der Waals surface area contributed by atoms with Crippen LogP contribution >= 0.6 is 0 Å². The van der Waals surface area contributed by atoms with Crippen LogP contribution in [0.4, 0.5) is 14.5 Å². The SMILES string of the molecule is N/C(=N/O)c1cc(NC(=O)c2ccc(F)cn2)ccc1F. The van der Waals surface area contributed by atoms with Crippen molar-refractivity contribution in [2.45, 2.75) is 0 Å². The van der Waals surface area contributed by atoms with E-state index in [0.717, 1.165) is 18.3 Å². The maximum Gasteiger partial charge on any atom is 0.274 e. The number of amidine groups is 1. The molecule has 8 heteroatoms. The summed E-state index contributed by atoms with van der Waals surface area (Å²) in [5.74, 6) is -2.30. The Morgan fingerprint density at radius 2 is 2.05 bits per heavy atom. The molecule has 1 heterocycles. The summed E-state index contributed by atoms with van der Waals surface area (Å²) in [5, 5.41) is 13.7. The van der Waals surface area contributed by atoms with Crippen LogP contribution in [-0.2, 0) is 0 Å². The predicted molar refractivity (Wildman–Crippen MR) is 71.1 cm³/mol. The van der Waals surface area contributed by atoms with E-state index in [0.29, 0.717) is 0 Å². The molecular formula is C13H10F2N4O2. The zero-order valence-corrected chi connectivity index (χ0v) is 10.5. The van der Waals surface area contributed by atoms with Crippen LogP contribution in [0.5, 0.6) is 0 Å². The van der Waals surface area contributed by atoms with Crippen LogP contribution in [0.25, 0.3) is 0 Å². The Morgan fingerprint density at radius 1 is 1.29 bits per heavy atom. The maximum atomic E-state index is 13.5. The van der Waals surface area contributed by atoms with Crippen molar-refractivity contribution in [3.05, 3.63) is 59.4 Å². The van der Waals surface area contributed by atoms with Crippen molar-refractivity contribution >= 4 is 17.4 Å². The van der Waals surface area contributed by atoms with Crippen LogP contribution in [0, 0.1) is 11.6 Å². The van der Waals surface area contributed by atoms with E-state index in [-0.39, 0.29) is 16.9 Å². The number of amides is 1. The normalized spacial score (nSPS) is 11.2. The highest BCUT2D eigenvalue weighted by molar-refractivity contribution is 6.04. The molecule has 2 aromatic rings. The Hall–Kier alpha value is -3.03. The number of nitrogens with two attached hydrogens (primary N) is 1. The van der Waals surface area contributed by atoms with Gasteiger partial charge < -0.3 is 16.3 Å². The van der Waals surface area contributed by atoms with E-state index in [9.17, 15) is 13.6 Å². The summed E-state index contributed by atoms with van der Waals surface area (Å²) in [6.45, 7) is 0. The van der Waals surface area contributed by atoms with Gasteiger partial charge in [0.05, 0.1) is 11.8 Å². The quantitative estimate of drug-likeness (QED) is 0.347. The van der Waals surface area contributed by atoms with Crippen molar-refractivity contribution in [3.63, 3.8) is 0 Å². The fourth-order valence-electron chi connectivity index (χ4n) is 1.56. The van der Waals surface area contributed by atoms with Crippen molar-refractivity contribution < 1.29 is 18.8 Å². The summed E-state index contributed by atoms with van der Waals surface area (Å²) in [4.78, 5) is 15.5. The zero-order valence-electron chi connectivity index (χ0n) is 10.5. The molecule has 0 spiro atoms. The van der Waals surface area contributed by atoms with Crippen LogP contribution in [0.3, 0.4) is 0 Å². The van der Waals surface area contributed by atoms with E-state index in [1.165, 1.54) is 18.2 Å². The van der Waals surface area contributed by atoms with E-state index < -0.39 is 23.4 Å². The minimum Gasteiger partial charge on any atom is -0.409 e. The monoisotopic (exact) mass is 292 g/mol. The molecule has 4 N–H and O–H groups in total. The van der Waals surface area contributed by atoms with Gasteiger partial charge in [-0.25, -0.2) is 13.8 Å². The Labute approximate surface area is 117 Å². The average Bonchev–Trinajstić information content (AvgIpc) is 2.49. The predicted octanol–water partition coefficient (Wildman–Crippen LogP) is 1.71. The third kappa shape index (κ3) is 3.30. The number of rotatable bonds is 3. The van der Waals surface area contributed by atoms with Crippen LogP contribution in [-0.4, -0.2) is 21.9 Å².